The second-order valence-corrected chi connectivity index (χ2v) is 8.53. The molecule has 2 aromatic carbocycles. The molecule has 4 nitrogen and oxygen atoms in total. The van der Waals surface area contributed by atoms with Gasteiger partial charge in [-0.3, -0.25) is 0 Å². The van der Waals surface area contributed by atoms with Gasteiger partial charge < -0.3 is 19.3 Å². The average Bonchev–Trinajstić information content (AvgIpc) is 2.68. The zero-order valence-corrected chi connectivity index (χ0v) is 18.3. The van der Waals surface area contributed by atoms with E-state index in [9.17, 15) is 9.50 Å². The molecule has 0 aliphatic carbocycles. The number of hydrogen-bond acceptors (Lipinski definition) is 4. The largest absolute Gasteiger partial charge is 0.498 e. The van der Waals surface area contributed by atoms with Gasteiger partial charge in [0.15, 0.2) is 0 Å². The molecule has 2 aromatic rings. The smallest absolute Gasteiger partial charge is 0.131 e. The van der Waals surface area contributed by atoms with Crippen molar-refractivity contribution in [2.75, 3.05) is 6.61 Å². The summed E-state index contributed by atoms with van der Waals surface area (Å²) in [6, 6.07) is 9.76. The Balaban J connectivity index is 1.69. The molecule has 1 N–H and O–H groups in total. The first-order chi connectivity index (χ1) is 14.2. The zero-order chi connectivity index (χ0) is 21.9. The Hall–Kier alpha value is -2.24. The standard InChI is InChI=1S/C24H28ClFO4/c1-5-28-15(2)24(3,4)13-17-12-22(27)18-11-16(9-10-23(18)30-17)29-14-19-20(25)7-6-8-21(19)26/h6-11,17,22,27H,2,5,12-14H2,1,3-4H3. The lowest BCUT2D eigenvalue weighted by molar-refractivity contribution is 0.0350. The van der Waals surface area contributed by atoms with E-state index in [1.54, 1.807) is 30.3 Å². The number of allylic oxidation sites excluding steroid dienone is 1. The van der Waals surface area contributed by atoms with Gasteiger partial charge in [0.05, 0.1) is 23.5 Å². The van der Waals surface area contributed by atoms with Crippen LogP contribution in [0.25, 0.3) is 0 Å². The van der Waals surface area contributed by atoms with Crippen molar-refractivity contribution in [2.24, 2.45) is 5.41 Å². The fourth-order valence-corrected chi connectivity index (χ4v) is 3.81. The number of aliphatic hydroxyl groups is 1. The van der Waals surface area contributed by atoms with Crippen LogP contribution in [0.3, 0.4) is 0 Å². The molecule has 162 valence electrons. The van der Waals surface area contributed by atoms with Gasteiger partial charge in [0.2, 0.25) is 0 Å². The number of aliphatic hydroxyl groups excluding tert-OH is 1. The lowest BCUT2D eigenvalue weighted by Gasteiger charge is -2.35. The number of benzene rings is 2. The first-order valence-corrected chi connectivity index (χ1v) is 10.5. The first-order valence-electron chi connectivity index (χ1n) is 10.1. The number of rotatable bonds is 8. The van der Waals surface area contributed by atoms with Gasteiger partial charge in [-0.05, 0) is 43.7 Å². The summed E-state index contributed by atoms with van der Waals surface area (Å²) in [7, 11) is 0. The Labute approximate surface area is 182 Å². The maximum atomic E-state index is 13.9. The predicted molar refractivity (Wildman–Crippen MR) is 115 cm³/mol. The van der Waals surface area contributed by atoms with E-state index in [1.807, 2.05) is 6.92 Å². The minimum absolute atomic E-state index is 0.00238. The van der Waals surface area contributed by atoms with E-state index in [4.69, 9.17) is 25.8 Å². The minimum atomic E-state index is -0.685. The molecule has 1 aliphatic heterocycles. The molecule has 3 rings (SSSR count). The lowest BCUT2D eigenvalue weighted by Crippen LogP contribution is -2.32. The summed E-state index contributed by atoms with van der Waals surface area (Å²) in [6.07, 6.45) is 0.282. The van der Waals surface area contributed by atoms with Crippen LogP contribution in [0.4, 0.5) is 4.39 Å². The molecule has 30 heavy (non-hydrogen) atoms. The second-order valence-electron chi connectivity index (χ2n) is 8.12. The molecule has 0 aromatic heterocycles. The molecule has 2 atom stereocenters. The highest BCUT2D eigenvalue weighted by atomic mass is 35.5. The van der Waals surface area contributed by atoms with Gasteiger partial charge in [0.25, 0.3) is 0 Å². The van der Waals surface area contributed by atoms with E-state index < -0.39 is 11.9 Å². The van der Waals surface area contributed by atoms with Crippen LogP contribution in [0.5, 0.6) is 11.5 Å². The summed E-state index contributed by atoms with van der Waals surface area (Å²) in [4.78, 5) is 0. The second kappa shape index (κ2) is 9.27. The Morgan fingerprint density at radius 1 is 1.33 bits per heavy atom. The third-order valence-electron chi connectivity index (χ3n) is 5.38. The van der Waals surface area contributed by atoms with E-state index in [0.29, 0.717) is 52.9 Å². The molecule has 1 heterocycles. The number of ether oxygens (including phenoxy) is 3. The van der Waals surface area contributed by atoms with Crippen molar-refractivity contribution in [2.45, 2.75) is 52.4 Å². The van der Waals surface area contributed by atoms with Crippen LogP contribution in [0, 0.1) is 11.2 Å². The molecular weight excluding hydrogens is 407 g/mol. The Morgan fingerprint density at radius 3 is 2.80 bits per heavy atom. The predicted octanol–water partition coefficient (Wildman–Crippen LogP) is 6.21. The maximum Gasteiger partial charge on any atom is 0.131 e. The van der Waals surface area contributed by atoms with Crippen LogP contribution in [-0.2, 0) is 11.3 Å². The topological polar surface area (TPSA) is 47.9 Å². The van der Waals surface area contributed by atoms with Crippen LogP contribution < -0.4 is 9.47 Å². The van der Waals surface area contributed by atoms with Gasteiger partial charge >= 0.3 is 0 Å². The van der Waals surface area contributed by atoms with Crippen LogP contribution in [0.1, 0.15) is 50.8 Å². The van der Waals surface area contributed by atoms with Gasteiger partial charge in [-0.1, -0.05) is 38.1 Å². The van der Waals surface area contributed by atoms with Gasteiger partial charge in [-0.15, -0.1) is 0 Å². The Bertz CT molecular complexity index is 892. The van der Waals surface area contributed by atoms with Crippen molar-refractivity contribution < 1.29 is 23.7 Å². The van der Waals surface area contributed by atoms with E-state index in [0.717, 1.165) is 0 Å². The SMILES string of the molecule is C=C(OCC)C(C)(C)CC1CC(O)c2cc(OCc3c(F)cccc3Cl)ccc2O1. The lowest BCUT2D eigenvalue weighted by atomic mass is 9.82. The highest BCUT2D eigenvalue weighted by molar-refractivity contribution is 6.31. The molecule has 0 amide bonds. The Kier molecular flexibility index (Phi) is 6.94. The molecule has 0 bridgehead atoms. The molecular formula is C24H28ClFO4. The third kappa shape index (κ3) is 5.08. The summed E-state index contributed by atoms with van der Waals surface area (Å²) in [5.41, 5.74) is 0.676. The molecule has 1 aliphatic rings. The summed E-state index contributed by atoms with van der Waals surface area (Å²) < 4.78 is 31.4. The summed E-state index contributed by atoms with van der Waals surface area (Å²) >= 11 is 6.05. The molecule has 0 spiro atoms. The fourth-order valence-electron chi connectivity index (χ4n) is 3.59. The number of hydrogen-bond donors (Lipinski definition) is 1. The number of fused-ring (bicyclic) bond motifs is 1. The molecule has 0 saturated carbocycles. The van der Waals surface area contributed by atoms with Gasteiger partial charge in [-0.25, -0.2) is 4.39 Å². The van der Waals surface area contributed by atoms with Crippen molar-refractivity contribution in [3.8, 4) is 11.5 Å². The van der Waals surface area contributed by atoms with Gasteiger partial charge in [0.1, 0.15) is 30.0 Å². The van der Waals surface area contributed by atoms with E-state index in [1.165, 1.54) is 6.07 Å². The van der Waals surface area contributed by atoms with Crippen molar-refractivity contribution in [3.63, 3.8) is 0 Å². The quantitative estimate of drug-likeness (QED) is 0.502. The first kappa shape index (κ1) is 22.4. The van der Waals surface area contributed by atoms with Crippen molar-refractivity contribution in [3.05, 3.63) is 70.7 Å². The van der Waals surface area contributed by atoms with Gasteiger partial charge in [0, 0.05) is 23.0 Å². The van der Waals surface area contributed by atoms with E-state index >= 15 is 0 Å². The van der Waals surface area contributed by atoms with Crippen LogP contribution >= 0.6 is 11.6 Å². The van der Waals surface area contributed by atoms with Crippen molar-refractivity contribution >= 4 is 11.6 Å². The summed E-state index contributed by atoms with van der Waals surface area (Å²) in [6.45, 7) is 10.6. The minimum Gasteiger partial charge on any atom is -0.498 e. The molecule has 0 fully saturated rings. The van der Waals surface area contributed by atoms with Crippen LogP contribution in [0.2, 0.25) is 5.02 Å². The molecule has 0 radical (unpaired) electrons. The molecule has 6 heteroatoms. The van der Waals surface area contributed by atoms with E-state index in [2.05, 4.69) is 20.4 Å². The molecule has 2 unspecified atom stereocenters. The van der Waals surface area contributed by atoms with Crippen molar-refractivity contribution in [1.29, 1.82) is 0 Å². The highest BCUT2D eigenvalue weighted by Gasteiger charge is 2.34. The monoisotopic (exact) mass is 434 g/mol. The number of halogens is 2. The molecule has 0 saturated heterocycles. The van der Waals surface area contributed by atoms with Crippen LogP contribution in [-0.4, -0.2) is 17.8 Å². The fraction of sp³-hybridized carbons (Fsp3) is 0.417. The van der Waals surface area contributed by atoms with E-state index in [-0.39, 0.29) is 18.1 Å². The maximum absolute atomic E-state index is 13.9. The third-order valence-corrected chi connectivity index (χ3v) is 5.73. The highest BCUT2D eigenvalue weighted by Crippen LogP contribution is 2.42. The van der Waals surface area contributed by atoms with Gasteiger partial charge in [-0.2, -0.15) is 0 Å². The Morgan fingerprint density at radius 2 is 2.10 bits per heavy atom. The normalized spacial score (nSPS) is 18.3. The van der Waals surface area contributed by atoms with Crippen molar-refractivity contribution in [1.82, 2.24) is 0 Å². The summed E-state index contributed by atoms with van der Waals surface area (Å²) in [5, 5.41) is 11.0. The van der Waals surface area contributed by atoms with Crippen LogP contribution in [0.15, 0.2) is 48.7 Å². The summed E-state index contributed by atoms with van der Waals surface area (Å²) in [5.74, 6) is 1.43. The zero-order valence-electron chi connectivity index (χ0n) is 17.6. The average molecular weight is 435 g/mol.